The van der Waals surface area contributed by atoms with Gasteiger partial charge in [-0.2, -0.15) is 4.31 Å². The van der Waals surface area contributed by atoms with Crippen LogP contribution in [0.15, 0.2) is 23.1 Å². The number of hydrogen-bond donors (Lipinski definition) is 0. The van der Waals surface area contributed by atoms with Crippen LogP contribution in [-0.4, -0.2) is 64.2 Å². The van der Waals surface area contributed by atoms with E-state index in [1.165, 1.54) is 0 Å². The molecule has 1 heterocycles. The lowest BCUT2D eigenvalue weighted by Crippen LogP contribution is -2.41. The van der Waals surface area contributed by atoms with Crippen molar-refractivity contribution in [1.29, 1.82) is 0 Å². The van der Waals surface area contributed by atoms with Gasteiger partial charge in [0.15, 0.2) is 6.61 Å². The number of esters is 2. The van der Waals surface area contributed by atoms with Crippen molar-refractivity contribution >= 4 is 22.0 Å². The Balaban J connectivity index is 2.19. The van der Waals surface area contributed by atoms with E-state index in [9.17, 15) is 22.4 Å². The normalized spacial score (nSPS) is 15.6. The summed E-state index contributed by atoms with van der Waals surface area (Å²) in [6.45, 7) is 1.73. The second kappa shape index (κ2) is 8.37. The van der Waals surface area contributed by atoms with E-state index in [2.05, 4.69) is 4.74 Å². The van der Waals surface area contributed by atoms with E-state index in [4.69, 9.17) is 9.47 Å². The molecule has 0 aliphatic carbocycles. The van der Waals surface area contributed by atoms with Crippen molar-refractivity contribution in [3.63, 3.8) is 0 Å². The van der Waals surface area contributed by atoms with Gasteiger partial charge in [0.05, 0.1) is 25.4 Å². The van der Waals surface area contributed by atoms with Gasteiger partial charge in [0.1, 0.15) is 10.7 Å². The fraction of sp³-hybridized carbons (Fsp3) is 0.467. The number of halogens is 1. The van der Waals surface area contributed by atoms with Gasteiger partial charge >= 0.3 is 11.9 Å². The molecule has 0 atom stereocenters. The first-order chi connectivity index (χ1) is 11.9. The predicted molar refractivity (Wildman–Crippen MR) is 82.9 cm³/mol. The summed E-state index contributed by atoms with van der Waals surface area (Å²) < 4.78 is 54.6. The zero-order valence-corrected chi connectivity index (χ0v) is 14.4. The van der Waals surface area contributed by atoms with Crippen molar-refractivity contribution in [2.24, 2.45) is 0 Å². The molecule has 1 fully saturated rings. The number of nitrogens with zero attached hydrogens (tertiary/aromatic N) is 1. The summed E-state index contributed by atoms with van der Waals surface area (Å²) in [6.07, 6.45) is 0. The van der Waals surface area contributed by atoms with Gasteiger partial charge in [-0.3, -0.25) is 0 Å². The zero-order chi connectivity index (χ0) is 18.4. The van der Waals surface area contributed by atoms with Crippen LogP contribution >= 0.6 is 0 Å². The molecule has 25 heavy (non-hydrogen) atoms. The van der Waals surface area contributed by atoms with Crippen molar-refractivity contribution in [2.45, 2.75) is 11.8 Å². The molecule has 2 rings (SSSR count). The quantitative estimate of drug-likeness (QED) is 0.670. The standard InChI is InChI=1S/C15H18FNO7S/c1-2-23-14(18)10-24-15(19)11-3-4-12(16)13(9-11)25(20,21)17-5-7-22-8-6-17/h3-4,9H,2,5-8,10H2,1H3. The van der Waals surface area contributed by atoms with Gasteiger partial charge in [-0.25, -0.2) is 22.4 Å². The number of carbonyl (C=O) groups excluding carboxylic acids is 2. The molecule has 0 amide bonds. The number of morpholine rings is 1. The lowest BCUT2D eigenvalue weighted by Gasteiger charge is -2.26. The van der Waals surface area contributed by atoms with Gasteiger partial charge < -0.3 is 14.2 Å². The largest absolute Gasteiger partial charge is 0.463 e. The smallest absolute Gasteiger partial charge is 0.344 e. The number of sulfonamides is 1. The van der Waals surface area contributed by atoms with E-state index in [-0.39, 0.29) is 38.5 Å². The highest BCUT2D eigenvalue weighted by Crippen LogP contribution is 2.22. The first kappa shape index (κ1) is 19.3. The van der Waals surface area contributed by atoms with E-state index in [1.54, 1.807) is 6.92 Å². The number of rotatable bonds is 6. The molecule has 1 aromatic rings. The predicted octanol–water partition coefficient (Wildman–Crippen LogP) is 0.567. The molecule has 1 saturated heterocycles. The van der Waals surface area contributed by atoms with Gasteiger partial charge in [-0.1, -0.05) is 0 Å². The monoisotopic (exact) mass is 375 g/mol. The van der Waals surface area contributed by atoms with Crippen LogP contribution in [0.2, 0.25) is 0 Å². The summed E-state index contributed by atoms with van der Waals surface area (Å²) >= 11 is 0. The van der Waals surface area contributed by atoms with E-state index >= 15 is 0 Å². The number of hydrogen-bond acceptors (Lipinski definition) is 7. The average Bonchev–Trinajstić information content (AvgIpc) is 2.61. The molecule has 0 saturated carbocycles. The van der Waals surface area contributed by atoms with Gasteiger partial charge in [0.2, 0.25) is 10.0 Å². The molecule has 0 unspecified atom stereocenters. The fourth-order valence-electron chi connectivity index (χ4n) is 2.16. The Labute approximate surface area is 144 Å². The van der Waals surface area contributed by atoms with Crippen LogP contribution in [0, 0.1) is 5.82 Å². The number of ether oxygens (including phenoxy) is 3. The summed E-state index contributed by atoms with van der Waals surface area (Å²) in [7, 11) is -4.11. The number of benzene rings is 1. The lowest BCUT2D eigenvalue weighted by molar-refractivity contribution is -0.146. The van der Waals surface area contributed by atoms with E-state index in [0.717, 1.165) is 22.5 Å². The zero-order valence-electron chi connectivity index (χ0n) is 13.6. The van der Waals surface area contributed by atoms with Crippen LogP contribution in [0.5, 0.6) is 0 Å². The Morgan fingerprint density at radius 2 is 1.92 bits per heavy atom. The maximum absolute atomic E-state index is 14.0. The molecule has 1 aliphatic rings. The molecule has 0 bridgehead atoms. The van der Waals surface area contributed by atoms with Crippen LogP contribution < -0.4 is 0 Å². The van der Waals surface area contributed by atoms with Gasteiger partial charge in [0.25, 0.3) is 0 Å². The van der Waals surface area contributed by atoms with Crippen molar-refractivity contribution in [1.82, 2.24) is 4.31 Å². The van der Waals surface area contributed by atoms with Crippen molar-refractivity contribution in [2.75, 3.05) is 39.5 Å². The van der Waals surface area contributed by atoms with Crippen LogP contribution in [0.4, 0.5) is 4.39 Å². The maximum Gasteiger partial charge on any atom is 0.344 e. The Bertz CT molecular complexity index is 744. The summed E-state index contributed by atoms with van der Waals surface area (Å²) in [5, 5.41) is 0. The Morgan fingerprint density at radius 3 is 2.56 bits per heavy atom. The Kier molecular flexibility index (Phi) is 6.45. The summed E-state index contributed by atoms with van der Waals surface area (Å²) in [4.78, 5) is 22.5. The Morgan fingerprint density at radius 1 is 1.24 bits per heavy atom. The van der Waals surface area contributed by atoms with Crippen LogP contribution in [0.25, 0.3) is 0 Å². The minimum absolute atomic E-state index is 0.0965. The van der Waals surface area contributed by atoms with Gasteiger partial charge in [-0.05, 0) is 25.1 Å². The van der Waals surface area contributed by atoms with Crippen molar-refractivity contribution in [3.05, 3.63) is 29.6 Å². The minimum atomic E-state index is -4.11. The summed E-state index contributed by atoms with van der Waals surface area (Å²) in [6, 6.07) is 2.85. The van der Waals surface area contributed by atoms with Crippen molar-refractivity contribution < 1.29 is 36.6 Å². The second-order valence-corrected chi connectivity index (χ2v) is 6.95. The molecule has 1 aromatic carbocycles. The molecule has 0 aromatic heterocycles. The molecule has 138 valence electrons. The third kappa shape index (κ3) is 4.74. The molecule has 8 nitrogen and oxygen atoms in total. The molecular formula is C15H18FNO7S. The first-order valence-electron chi connectivity index (χ1n) is 7.56. The minimum Gasteiger partial charge on any atom is -0.463 e. The SMILES string of the molecule is CCOC(=O)COC(=O)c1ccc(F)c(S(=O)(=O)N2CCOCC2)c1. The number of carbonyl (C=O) groups is 2. The highest BCUT2D eigenvalue weighted by Gasteiger charge is 2.30. The summed E-state index contributed by atoms with van der Waals surface area (Å²) in [5.41, 5.74) is -0.183. The van der Waals surface area contributed by atoms with E-state index < -0.39 is 39.3 Å². The summed E-state index contributed by atoms with van der Waals surface area (Å²) in [5.74, 6) is -2.67. The molecule has 10 heteroatoms. The molecule has 0 N–H and O–H groups in total. The van der Waals surface area contributed by atoms with Crippen LogP contribution in [0.3, 0.4) is 0 Å². The molecule has 1 aliphatic heterocycles. The topological polar surface area (TPSA) is 99.2 Å². The third-order valence-corrected chi connectivity index (χ3v) is 5.29. The highest BCUT2D eigenvalue weighted by molar-refractivity contribution is 7.89. The van der Waals surface area contributed by atoms with Crippen molar-refractivity contribution in [3.8, 4) is 0 Å². The van der Waals surface area contributed by atoms with E-state index in [1.807, 2.05) is 0 Å². The van der Waals surface area contributed by atoms with E-state index in [0.29, 0.717) is 0 Å². The van der Waals surface area contributed by atoms with Crippen LogP contribution in [-0.2, 0) is 29.0 Å². The van der Waals surface area contributed by atoms with Crippen LogP contribution in [0.1, 0.15) is 17.3 Å². The highest BCUT2D eigenvalue weighted by atomic mass is 32.2. The molecule has 0 radical (unpaired) electrons. The fourth-order valence-corrected chi connectivity index (χ4v) is 3.66. The molecular weight excluding hydrogens is 357 g/mol. The second-order valence-electron chi connectivity index (χ2n) is 5.04. The Hall–Kier alpha value is -2.04. The lowest BCUT2D eigenvalue weighted by atomic mass is 10.2. The average molecular weight is 375 g/mol. The first-order valence-corrected chi connectivity index (χ1v) is 9.00. The maximum atomic E-state index is 14.0. The third-order valence-electron chi connectivity index (χ3n) is 3.38. The van der Waals surface area contributed by atoms with Gasteiger partial charge in [0, 0.05) is 13.1 Å². The van der Waals surface area contributed by atoms with Gasteiger partial charge in [-0.15, -0.1) is 0 Å². The molecule has 0 spiro atoms.